The van der Waals surface area contributed by atoms with Crippen molar-refractivity contribution in [3.05, 3.63) is 0 Å². The first-order valence-electron chi connectivity index (χ1n) is 8.50. The molecular formula is C17H36N4. The van der Waals surface area contributed by atoms with Gasteiger partial charge in [0.05, 0.1) is 6.07 Å². The van der Waals surface area contributed by atoms with Crippen molar-refractivity contribution in [3.8, 4) is 6.07 Å². The van der Waals surface area contributed by atoms with Crippen LogP contribution in [0.3, 0.4) is 0 Å². The Bertz CT molecular complexity index is 285. The van der Waals surface area contributed by atoms with Gasteiger partial charge in [-0.3, -0.25) is 5.32 Å². The normalized spacial score (nSPS) is 14.4. The van der Waals surface area contributed by atoms with Gasteiger partial charge in [-0.25, -0.2) is 0 Å². The molecule has 0 aromatic heterocycles. The van der Waals surface area contributed by atoms with Crippen LogP contribution in [0.15, 0.2) is 0 Å². The number of nitrogens with zero attached hydrogens (tertiary/aromatic N) is 3. The van der Waals surface area contributed by atoms with E-state index in [9.17, 15) is 5.26 Å². The van der Waals surface area contributed by atoms with Gasteiger partial charge in [-0.05, 0) is 85.8 Å². The van der Waals surface area contributed by atoms with E-state index in [1.54, 1.807) is 0 Å². The molecule has 4 heteroatoms. The molecule has 0 aromatic rings. The first-order valence-corrected chi connectivity index (χ1v) is 8.50. The maximum absolute atomic E-state index is 9.31. The number of hydrogen-bond acceptors (Lipinski definition) is 4. The van der Waals surface area contributed by atoms with Crippen LogP contribution in [0.2, 0.25) is 0 Å². The summed E-state index contributed by atoms with van der Waals surface area (Å²) in [5.74, 6) is 0. The molecule has 1 unspecified atom stereocenters. The molecule has 21 heavy (non-hydrogen) atoms. The zero-order chi connectivity index (χ0) is 16.1. The third-order valence-corrected chi connectivity index (χ3v) is 3.94. The molecule has 0 aliphatic rings. The molecule has 4 nitrogen and oxygen atoms in total. The second-order valence-electron chi connectivity index (χ2n) is 6.42. The summed E-state index contributed by atoms with van der Waals surface area (Å²) < 4.78 is 0. The lowest BCUT2D eigenvalue weighted by molar-refractivity contribution is 0.257. The van der Waals surface area contributed by atoms with Crippen LogP contribution in [0.4, 0.5) is 0 Å². The molecule has 0 aromatic carbocycles. The molecule has 0 heterocycles. The highest BCUT2D eigenvalue weighted by Crippen LogP contribution is 2.13. The van der Waals surface area contributed by atoms with Gasteiger partial charge in [0.2, 0.25) is 0 Å². The van der Waals surface area contributed by atoms with E-state index in [0.29, 0.717) is 0 Å². The molecule has 0 saturated carbocycles. The largest absolute Gasteiger partial charge is 0.309 e. The molecule has 0 saturated heterocycles. The van der Waals surface area contributed by atoms with E-state index < -0.39 is 0 Å². The Morgan fingerprint density at radius 2 is 1.71 bits per heavy atom. The van der Waals surface area contributed by atoms with Crippen molar-refractivity contribution >= 4 is 0 Å². The summed E-state index contributed by atoms with van der Waals surface area (Å²) in [7, 11) is 4.25. The highest BCUT2D eigenvalue weighted by molar-refractivity contribution is 5.03. The lowest BCUT2D eigenvalue weighted by Crippen LogP contribution is -2.41. The van der Waals surface area contributed by atoms with E-state index in [2.05, 4.69) is 49.1 Å². The molecule has 0 aliphatic heterocycles. The molecule has 0 aliphatic carbocycles. The molecule has 0 rings (SSSR count). The standard InChI is InChI=1S/C17H36N4/c1-6-12-19-17(3,16-18)11-8-9-14-21(7-2)15-10-13-20(4)5/h19H,6-15H2,1-5H3. The number of nitriles is 1. The molecule has 0 radical (unpaired) electrons. The van der Waals surface area contributed by atoms with Crippen LogP contribution < -0.4 is 5.32 Å². The van der Waals surface area contributed by atoms with Crippen molar-refractivity contribution in [1.29, 1.82) is 5.26 Å². The number of rotatable bonds is 13. The maximum atomic E-state index is 9.31. The summed E-state index contributed by atoms with van der Waals surface area (Å²) >= 11 is 0. The molecule has 0 amide bonds. The van der Waals surface area contributed by atoms with Gasteiger partial charge in [-0.2, -0.15) is 5.26 Å². The fourth-order valence-corrected chi connectivity index (χ4v) is 2.44. The van der Waals surface area contributed by atoms with Crippen molar-refractivity contribution in [2.75, 3.05) is 46.8 Å². The topological polar surface area (TPSA) is 42.3 Å². The smallest absolute Gasteiger partial charge is 0.103 e. The van der Waals surface area contributed by atoms with E-state index >= 15 is 0 Å². The van der Waals surface area contributed by atoms with Crippen molar-refractivity contribution in [2.45, 2.75) is 58.4 Å². The predicted molar refractivity (Wildman–Crippen MR) is 91.4 cm³/mol. The zero-order valence-corrected chi connectivity index (χ0v) is 14.9. The van der Waals surface area contributed by atoms with E-state index in [4.69, 9.17) is 0 Å². The molecule has 0 spiro atoms. The lowest BCUT2D eigenvalue weighted by Gasteiger charge is -2.25. The molecule has 0 fully saturated rings. The second kappa shape index (κ2) is 12.0. The van der Waals surface area contributed by atoms with Crippen LogP contribution >= 0.6 is 0 Å². The number of unbranched alkanes of at least 4 members (excludes halogenated alkanes) is 1. The Morgan fingerprint density at radius 3 is 2.24 bits per heavy atom. The summed E-state index contributed by atoms with van der Waals surface area (Å²) in [6.07, 6.45) is 5.55. The molecule has 0 bridgehead atoms. The van der Waals surface area contributed by atoms with E-state index in [1.807, 2.05) is 6.92 Å². The van der Waals surface area contributed by atoms with Gasteiger partial charge < -0.3 is 9.80 Å². The third-order valence-electron chi connectivity index (χ3n) is 3.94. The molecule has 1 N–H and O–H groups in total. The lowest BCUT2D eigenvalue weighted by atomic mass is 9.96. The molecular weight excluding hydrogens is 260 g/mol. The number of hydrogen-bond donors (Lipinski definition) is 1. The van der Waals surface area contributed by atoms with Gasteiger partial charge in [0, 0.05) is 0 Å². The van der Waals surface area contributed by atoms with Crippen LogP contribution in [0, 0.1) is 11.3 Å². The summed E-state index contributed by atoms with van der Waals surface area (Å²) in [6.45, 7) is 11.9. The van der Waals surface area contributed by atoms with Crippen molar-refractivity contribution in [1.82, 2.24) is 15.1 Å². The molecule has 124 valence electrons. The van der Waals surface area contributed by atoms with Crippen LogP contribution in [-0.4, -0.2) is 62.2 Å². The zero-order valence-electron chi connectivity index (χ0n) is 14.9. The second-order valence-corrected chi connectivity index (χ2v) is 6.42. The highest BCUT2D eigenvalue weighted by Gasteiger charge is 2.21. The van der Waals surface area contributed by atoms with Gasteiger partial charge in [-0.1, -0.05) is 13.8 Å². The number of nitrogens with one attached hydrogen (secondary N) is 1. The monoisotopic (exact) mass is 296 g/mol. The average Bonchev–Trinajstić information content (AvgIpc) is 2.47. The van der Waals surface area contributed by atoms with Crippen molar-refractivity contribution in [3.63, 3.8) is 0 Å². The predicted octanol–water partition coefficient (Wildman–Crippen LogP) is 2.71. The van der Waals surface area contributed by atoms with Crippen LogP contribution in [0.25, 0.3) is 0 Å². The van der Waals surface area contributed by atoms with Crippen molar-refractivity contribution in [2.24, 2.45) is 0 Å². The fraction of sp³-hybridized carbons (Fsp3) is 0.941. The van der Waals surface area contributed by atoms with Crippen molar-refractivity contribution < 1.29 is 0 Å². The molecule has 1 atom stereocenters. The van der Waals surface area contributed by atoms with Gasteiger partial charge >= 0.3 is 0 Å². The first kappa shape index (κ1) is 20.4. The minimum absolute atomic E-state index is 0.349. The van der Waals surface area contributed by atoms with Gasteiger partial charge in [0.25, 0.3) is 0 Å². The van der Waals surface area contributed by atoms with E-state index in [0.717, 1.165) is 45.4 Å². The van der Waals surface area contributed by atoms with Gasteiger partial charge in [0.1, 0.15) is 5.54 Å². The summed E-state index contributed by atoms with van der Waals surface area (Å²) in [6, 6.07) is 2.43. The van der Waals surface area contributed by atoms with Crippen LogP contribution in [0.1, 0.15) is 52.9 Å². The van der Waals surface area contributed by atoms with Gasteiger partial charge in [-0.15, -0.1) is 0 Å². The minimum atomic E-state index is -0.349. The summed E-state index contributed by atoms with van der Waals surface area (Å²) in [4.78, 5) is 4.76. The quantitative estimate of drug-likeness (QED) is 0.531. The Morgan fingerprint density at radius 1 is 1.05 bits per heavy atom. The maximum Gasteiger partial charge on any atom is 0.103 e. The summed E-state index contributed by atoms with van der Waals surface area (Å²) in [5.41, 5.74) is -0.349. The van der Waals surface area contributed by atoms with E-state index in [1.165, 1.54) is 19.4 Å². The Hall–Kier alpha value is -0.630. The highest BCUT2D eigenvalue weighted by atomic mass is 15.1. The third kappa shape index (κ3) is 10.7. The average molecular weight is 297 g/mol. The first-order chi connectivity index (χ1) is 9.97. The Balaban J connectivity index is 3.86. The Labute approximate surface area is 132 Å². The SMILES string of the molecule is CCCNC(C)(C#N)CCCCN(CC)CCCN(C)C. The Kier molecular flexibility index (Phi) is 11.6. The van der Waals surface area contributed by atoms with Gasteiger partial charge in [0.15, 0.2) is 0 Å². The van der Waals surface area contributed by atoms with E-state index in [-0.39, 0.29) is 5.54 Å². The van der Waals surface area contributed by atoms with Crippen LogP contribution in [-0.2, 0) is 0 Å². The fourth-order valence-electron chi connectivity index (χ4n) is 2.44. The van der Waals surface area contributed by atoms with Crippen LogP contribution in [0.5, 0.6) is 0 Å². The minimum Gasteiger partial charge on any atom is -0.309 e. The summed E-state index contributed by atoms with van der Waals surface area (Å²) in [5, 5.41) is 12.7.